The summed E-state index contributed by atoms with van der Waals surface area (Å²) in [7, 11) is 0. The zero-order valence-corrected chi connectivity index (χ0v) is 9.65. The number of hydrogen-bond acceptors (Lipinski definition) is 3. The zero-order valence-electron chi connectivity index (χ0n) is 10.7. The predicted octanol–water partition coefficient (Wildman–Crippen LogP) is 1.89. The van der Waals surface area contributed by atoms with Crippen LogP contribution in [0.15, 0.2) is 11.8 Å². The quantitative estimate of drug-likeness (QED) is 0.725. The van der Waals surface area contributed by atoms with Gasteiger partial charge in [-0.3, -0.25) is 4.90 Å². The molecule has 0 bridgehead atoms. The lowest BCUT2D eigenvalue weighted by Crippen LogP contribution is -2.39. The van der Waals surface area contributed by atoms with E-state index in [4.69, 9.17) is 11.2 Å². The molecule has 0 aromatic rings. The summed E-state index contributed by atoms with van der Waals surface area (Å²) < 4.78 is 13.0. The molecule has 1 rings (SSSR count). The number of nitrogens with zero attached hydrogens (tertiary/aromatic N) is 1. The monoisotopic (exact) mass is 214 g/mol. The molecule has 1 aliphatic heterocycles. The number of carbonyl (C=O) groups is 1. The van der Waals surface area contributed by atoms with Crippen LogP contribution < -0.4 is 0 Å². The summed E-state index contributed by atoms with van der Waals surface area (Å²) in [6.45, 7) is 6.88. The molecule has 4 heteroatoms. The molecular formula is C11H19NO3. The molecular weight excluding hydrogens is 194 g/mol. The maximum atomic E-state index is 11.8. The van der Waals surface area contributed by atoms with E-state index in [0.717, 1.165) is 5.57 Å². The Balaban J connectivity index is 2.77. The lowest BCUT2D eigenvalue weighted by molar-refractivity contribution is 0.0241. The fraction of sp³-hybridized carbons (Fsp3) is 0.727. The third-order valence-electron chi connectivity index (χ3n) is 1.95. The van der Waals surface area contributed by atoms with Crippen LogP contribution in [0.5, 0.6) is 0 Å². The summed E-state index contributed by atoms with van der Waals surface area (Å²) >= 11 is 0. The second kappa shape index (κ2) is 4.23. The van der Waals surface area contributed by atoms with Crippen LogP contribution in [-0.2, 0) is 4.74 Å². The van der Waals surface area contributed by atoms with Gasteiger partial charge in [0, 0.05) is 7.57 Å². The Morgan fingerprint density at radius 2 is 2.40 bits per heavy atom. The first-order valence-corrected chi connectivity index (χ1v) is 4.99. The molecule has 0 aliphatic carbocycles. The molecule has 0 saturated carbocycles. The number of aliphatic hydroxyl groups excluding tert-OH is 1. The number of rotatable bonds is 1. The summed E-state index contributed by atoms with van der Waals surface area (Å²) in [5.41, 5.74) is 0.184. The number of hydrogen-bond donors (Lipinski definition) is 1. The highest BCUT2D eigenvalue weighted by Crippen LogP contribution is 2.23. The molecule has 15 heavy (non-hydrogen) atoms. The first-order chi connectivity index (χ1) is 7.26. The van der Waals surface area contributed by atoms with E-state index in [-0.39, 0.29) is 6.61 Å². The average Bonchev–Trinajstić information content (AvgIpc) is 2.40. The van der Waals surface area contributed by atoms with Crippen LogP contribution >= 0.6 is 0 Å². The number of amides is 1. The molecule has 4 nitrogen and oxygen atoms in total. The molecule has 0 radical (unpaired) electrons. The molecule has 0 unspecified atom stereocenters. The molecule has 0 fully saturated rings. The van der Waals surface area contributed by atoms with Crippen molar-refractivity contribution in [2.24, 2.45) is 0 Å². The van der Waals surface area contributed by atoms with Gasteiger partial charge in [-0.2, -0.15) is 0 Å². The molecule has 1 heterocycles. The highest BCUT2D eigenvalue weighted by Gasteiger charge is 2.30. The van der Waals surface area contributed by atoms with Crippen molar-refractivity contribution >= 4 is 6.09 Å². The van der Waals surface area contributed by atoms with Gasteiger partial charge >= 0.3 is 6.09 Å². The van der Waals surface area contributed by atoms with Gasteiger partial charge in [-0.25, -0.2) is 4.79 Å². The Bertz CT molecular complexity index is 309. The van der Waals surface area contributed by atoms with Crippen LogP contribution in [0.2, 0.25) is 0 Å². The molecule has 1 N–H and O–H groups in total. The molecule has 1 aliphatic rings. The molecule has 2 atom stereocenters. The van der Waals surface area contributed by atoms with Gasteiger partial charge in [0.05, 0.1) is 12.6 Å². The third kappa shape index (κ3) is 3.23. The van der Waals surface area contributed by atoms with Crippen LogP contribution in [0.3, 0.4) is 0 Å². The Hall–Kier alpha value is -1.03. The molecule has 0 spiro atoms. The second-order valence-electron chi connectivity index (χ2n) is 4.68. The SMILES string of the molecule is [2H][C@@H]1C(C)=CN(C(=O)OC(C)(C)C)[C@@H]1CO. The molecule has 0 aromatic heterocycles. The zero-order chi connectivity index (χ0) is 12.5. The normalized spacial score (nSPS) is 27.4. The van der Waals surface area contributed by atoms with Crippen molar-refractivity contribution in [2.75, 3.05) is 6.61 Å². The highest BCUT2D eigenvalue weighted by atomic mass is 16.6. The minimum absolute atomic E-state index is 0.235. The summed E-state index contributed by atoms with van der Waals surface area (Å²) in [4.78, 5) is 13.1. The first kappa shape index (κ1) is 10.5. The van der Waals surface area contributed by atoms with Crippen LogP contribution in [0.1, 0.15) is 35.5 Å². The van der Waals surface area contributed by atoms with Crippen molar-refractivity contribution in [3.8, 4) is 0 Å². The maximum absolute atomic E-state index is 11.8. The van der Waals surface area contributed by atoms with Crippen molar-refractivity contribution in [3.63, 3.8) is 0 Å². The Morgan fingerprint density at radius 1 is 1.80 bits per heavy atom. The van der Waals surface area contributed by atoms with Gasteiger partial charge in [-0.05, 0) is 34.1 Å². The van der Waals surface area contributed by atoms with Crippen molar-refractivity contribution in [2.45, 2.75) is 45.7 Å². The minimum Gasteiger partial charge on any atom is -0.443 e. The van der Waals surface area contributed by atoms with Crippen molar-refractivity contribution < 1.29 is 16.0 Å². The predicted molar refractivity (Wildman–Crippen MR) is 57.3 cm³/mol. The van der Waals surface area contributed by atoms with Crippen molar-refractivity contribution in [3.05, 3.63) is 11.8 Å². The molecule has 0 saturated heterocycles. The van der Waals surface area contributed by atoms with E-state index in [0.29, 0.717) is 0 Å². The lowest BCUT2D eigenvalue weighted by atomic mass is 10.2. The van der Waals surface area contributed by atoms with Crippen molar-refractivity contribution in [1.82, 2.24) is 4.90 Å². The van der Waals surface area contributed by atoms with Crippen LogP contribution in [-0.4, -0.2) is 34.3 Å². The van der Waals surface area contributed by atoms with Gasteiger partial charge in [-0.1, -0.05) is 5.57 Å². The number of ether oxygens (including phenoxy) is 1. The van der Waals surface area contributed by atoms with Gasteiger partial charge in [0.15, 0.2) is 0 Å². The highest BCUT2D eigenvalue weighted by molar-refractivity contribution is 5.70. The summed E-state index contributed by atoms with van der Waals surface area (Å²) in [6, 6.07) is -0.533. The van der Waals surface area contributed by atoms with Gasteiger partial charge in [0.25, 0.3) is 0 Å². The fourth-order valence-electron chi connectivity index (χ4n) is 1.39. The van der Waals surface area contributed by atoms with E-state index < -0.39 is 24.1 Å². The van der Waals surface area contributed by atoms with Crippen molar-refractivity contribution in [1.29, 1.82) is 0 Å². The summed E-state index contributed by atoms with van der Waals surface area (Å²) in [5, 5.41) is 9.17. The molecule has 86 valence electrons. The first-order valence-electron chi connectivity index (χ1n) is 5.56. The summed E-state index contributed by atoms with van der Waals surface area (Å²) in [6.07, 6.45) is 0.491. The standard InChI is InChI=1S/C11H19NO3/c1-8-5-9(7-13)12(6-8)10(14)15-11(2,3)4/h6,9,13H,5,7H2,1-4H3/t9-/m0/s1/i5D/t5-,9+/m1. The van der Waals surface area contributed by atoms with E-state index in [1.165, 1.54) is 4.90 Å². The Kier molecular flexibility index (Phi) is 2.95. The third-order valence-corrected chi connectivity index (χ3v) is 1.95. The van der Waals surface area contributed by atoms with Gasteiger partial charge in [0.2, 0.25) is 0 Å². The van der Waals surface area contributed by atoms with Crippen LogP contribution in [0, 0.1) is 0 Å². The topological polar surface area (TPSA) is 49.8 Å². The van der Waals surface area contributed by atoms with Gasteiger partial charge in [0.1, 0.15) is 5.60 Å². The number of aliphatic hydroxyl groups is 1. The number of carbonyl (C=O) groups excluding carboxylic acids is 1. The van der Waals surface area contributed by atoms with Crippen LogP contribution in [0.4, 0.5) is 4.79 Å². The van der Waals surface area contributed by atoms with E-state index >= 15 is 0 Å². The average molecular weight is 214 g/mol. The van der Waals surface area contributed by atoms with Crippen LogP contribution in [0.25, 0.3) is 0 Å². The van der Waals surface area contributed by atoms with E-state index in [1.54, 1.807) is 33.9 Å². The largest absolute Gasteiger partial charge is 0.443 e. The smallest absolute Gasteiger partial charge is 0.414 e. The minimum atomic E-state index is -0.572. The van der Waals surface area contributed by atoms with E-state index in [9.17, 15) is 4.79 Å². The van der Waals surface area contributed by atoms with Gasteiger partial charge < -0.3 is 9.84 Å². The fourth-order valence-corrected chi connectivity index (χ4v) is 1.39. The maximum Gasteiger partial charge on any atom is 0.414 e. The van der Waals surface area contributed by atoms with Gasteiger partial charge in [-0.15, -0.1) is 0 Å². The molecule has 1 amide bonds. The summed E-state index contributed by atoms with van der Waals surface area (Å²) in [5.74, 6) is 0. The Labute approximate surface area is 91.9 Å². The second-order valence-corrected chi connectivity index (χ2v) is 4.68. The lowest BCUT2D eigenvalue weighted by Gasteiger charge is -2.26. The van der Waals surface area contributed by atoms with E-state index in [1.807, 2.05) is 0 Å². The Morgan fingerprint density at radius 3 is 2.87 bits per heavy atom. The van der Waals surface area contributed by atoms with E-state index in [2.05, 4.69) is 0 Å². The molecule has 0 aromatic carbocycles.